The van der Waals surface area contributed by atoms with Crippen LogP contribution in [-0.2, 0) is 14.3 Å². The standard InChI is InChI=1S/C15H21N3O4/c1-17(6-9-19)15(21)14(20)16-12-4-2-3-5-13(12)18-7-10-22-11-8-18/h2-5,19H,6-11H2,1H3,(H,16,20). The fraction of sp³-hybridized carbons (Fsp3) is 0.467. The molecule has 0 aromatic heterocycles. The van der Waals surface area contributed by atoms with Crippen LogP contribution in [0.5, 0.6) is 0 Å². The number of aliphatic hydroxyl groups is 1. The number of likely N-dealkylation sites (N-methyl/N-ethyl adjacent to an activating group) is 1. The minimum Gasteiger partial charge on any atom is -0.395 e. The number of morpholine rings is 1. The number of benzene rings is 1. The van der Waals surface area contributed by atoms with Gasteiger partial charge in [-0.15, -0.1) is 0 Å². The first kappa shape index (κ1) is 16.3. The van der Waals surface area contributed by atoms with Gasteiger partial charge in [0, 0.05) is 26.7 Å². The second kappa shape index (κ2) is 7.77. The molecule has 7 heteroatoms. The Morgan fingerprint density at radius 2 is 2.00 bits per heavy atom. The van der Waals surface area contributed by atoms with E-state index in [0.29, 0.717) is 18.9 Å². The van der Waals surface area contributed by atoms with Crippen molar-refractivity contribution in [2.45, 2.75) is 0 Å². The zero-order valence-corrected chi connectivity index (χ0v) is 12.6. The minimum absolute atomic E-state index is 0.122. The second-order valence-electron chi connectivity index (χ2n) is 5.02. The lowest BCUT2D eigenvalue weighted by atomic mass is 10.2. The number of nitrogens with zero attached hydrogens (tertiary/aromatic N) is 2. The zero-order valence-electron chi connectivity index (χ0n) is 12.6. The zero-order chi connectivity index (χ0) is 15.9. The number of ether oxygens (including phenoxy) is 1. The Morgan fingerprint density at radius 3 is 2.68 bits per heavy atom. The number of hydrogen-bond acceptors (Lipinski definition) is 5. The third-order valence-electron chi connectivity index (χ3n) is 3.48. The first-order valence-electron chi connectivity index (χ1n) is 7.22. The summed E-state index contributed by atoms with van der Waals surface area (Å²) in [7, 11) is 1.48. The van der Waals surface area contributed by atoms with E-state index in [2.05, 4.69) is 10.2 Å². The summed E-state index contributed by atoms with van der Waals surface area (Å²) in [4.78, 5) is 27.2. The number of aliphatic hydroxyl groups excluding tert-OH is 1. The molecule has 1 aliphatic heterocycles. The van der Waals surface area contributed by atoms with Crippen LogP contribution in [0.15, 0.2) is 24.3 Å². The van der Waals surface area contributed by atoms with Gasteiger partial charge in [-0.25, -0.2) is 0 Å². The molecule has 2 amide bonds. The number of carbonyl (C=O) groups excluding carboxylic acids is 2. The van der Waals surface area contributed by atoms with E-state index in [1.807, 2.05) is 18.2 Å². The summed E-state index contributed by atoms with van der Waals surface area (Å²) >= 11 is 0. The van der Waals surface area contributed by atoms with Crippen molar-refractivity contribution in [1.29, 1.82) is 0 Å². The van der Waals surface area contributed by atoms with Crippen molar-refractivity contribution in [2.24, 2.45) is 0 Å². The molecule has 120 valence electrons. The van der Waals surface area contributed by atoms with Crippen LogP contribution < -0.4 is 10.2 Å². The fourth-order valence-electron chi connectivity index (χ4n) is 2.26. The first-order chi connectivity index (χ1) is 10.6. The molecule has 0 aliphatic carbocycles. The predicted molar refractivity (Wildman–Crippen MR) is 82.8 cm³/mol. The van der Waals surface area contributed by atoms with E-state index < -0.39 is 11.8 Å². The van der Waals surface area contributed by atoms with Crippen LogP contribution in [0.2, 0.25) is 0 Å². The number of anilines is 2. The van der Waals surface area contributed by atoms with Gasteiger partial charge >= 0.3 is 11.8 Å². The van der Waals surface area contributed by atoms with E-state index in [1.165, 1.54) is 11.9 Å². The highest BCUT2D eigenvalue weighted by molar-refractivity contribution is 6.39. The molecule has 1 saturated heterocycles. The van der Waals surface area contributed by atoms with E-state index >= 15 is 0 Å². The van der Waals surface area contributed by atoms with Crippen LogP contribution in [0.25, 0.3) is 0 Å². The van der Waals surface area contributed by atoms with Crippen molar-refractivity contribution in [3.8, 4) is 0 Å². The second-order valence-corrected chi connectivity index (χ2v) is 5.02. The molecule has 7 nitrogen and oxygen atoms in total. The molecule has 0 atom stereocenters. The summed E-state index contributed by atoms with van der Waals surface area (Å²) in [6.07, 6.45) is 0. The summed E-state index contributed by atoms with van der Waals surface area (Å²) in [6, 6.07) is 7.37. The number of nitrogens with one attached hydrogen (secondary N) is 1. The Hall–Kier alpha value is -2.12. The molecular formula is C15H21N3O4. The molecule has 1 aromatic carbocycles. The Kier molecular flexibility index (Phi) is 5.74. The summed E-state index contributed by atoms with van der Waals surface area (Å²) in [5.41, 5.74) is 1.47. The summed E-state index contributed by atoms with van der Waals surface area (Å²) in [5, 5.41) is 11.5. The molecule has 22 heavy (non-hydrogen) atoms. The maximum absolute atomic E-state index is 12.0. The van der Waals surface area contributed by atoms with Gasteiger partial charge in [0.2, 0.25) is 0 Å². The molecule has 0 saturated carbocycles. The van der Waals surface area contributed by atoms with Crippen LogP contribution in [0, 0.1) is 0 Å². The van der Waals surface area contributed by atoms with Crippen LogP contribution in [0.4, 0.5) is 11.4 Å². The molecule has 0 unspecified atom stereocenters. The first-order valence-corrected chi connectivity index (χ1v) is 7.22. The van der Waals surface area contributed by atoms with Crippen LogP contribution >= 0.6 is 0 Å². The van der Waals surface area contributed by atoms with E-state index in [9.17, 15) is 9.59 Å². The van der Waals surface area contributed by atoms with Crippen molar-refractivity contribution < 1.29 is 19.4 Å². The van der Waals surface area contributed by atoms with Crippen molar-refractivity contribution in [1.82, 2.24) is 4.90 Å². The molecule has 0 spiro atoms. The average molecular weight is 307 g/mol. The van der Waals surface area contributed by atoms with Crippen LogP contribution in [0.3, 0.4) is 0 Å². The Labute approximate surface area is 129 Å². The highest BCUT2D eigenvalue weighted by Gasteiger charge is 2.21. The molecule has 2 rings (SSSR count). The third-order valence-corrected chi connectivity index (χ3v) is 3.48. The number of amides is 2. The molecule has 1 heterocycles. The maximum Gasteiger partial charge on any atom is 0.313 e. The highest BCUT2D eigenvalue weighted by Crippen LogP contribution is 2.26. The molecule has 1 aromatic rings. The van der Waals surface area contributed by atoms with Gasteiger partial charge in [0.15, 0.2) is 0 Å². The summed E-state index contributed by atoms with van der Waals surface area (Å²) in [6.45, 7) is 2.70. The average Bonchev–Trinajstić information content (AvgIpc) is 2.55. The Bertz CT molecular complexity index is 529. The molecule has 1 fully saturated rings. The number of rotatable bonds is 4. The van der Waals surface area contributed by atoms with Gasteiger partial charge in [-0.2, -0.15) is 0 Å². The largest absolute Gasteiger partial charge is 0.395 e. The smallest absolute Gasteiger partial charge is 0.313 e. The van der Waals surface area contributed by atoms with Gasteiger partial charge < -0.3 is 25.0 Å². The van der Waals surface area contributed by atoms with E-state index in [1.54, 1.807) is 6.07 Å². The van der Waals surface area contributed by atoms with Gasteiger partial charge in [0.05, 0.1) is 31.2 Å². The lowest BCUT2D eigenvalue weighted by Gasteiger charge is -2.30. The minimum atomic E-state index is -0.711. The molecule has 0 radical (unpaired) electrons. The third kappa shape index (κ3) is 3.96. The molecular weight excluding hydrogens is 286 g/mol. The van der Waals surface area contributed by atoms with Crippen molar-refractivity contribution in [3.63, 3.8) is 0 Å². The summed E-state index contributed by atoms with van der Waals surface area (Å²) in [5.74, 6) is -1.39. The van der Waals surface area contributed by atoms with Gasteiger partial charge in [-0.1, -0.05) is 12.1 Å². The van der Waals surface area contributed by atoms with E-state index in [0.717, 1.165) is 18.8 Å². The quantitative estimate of drug-likeness (QED) is 0.760. The fourth-order valence-corrected chi connectivity index (χ4v) is 2.26. The lowest BCUT2D eigenvalue weighted by molar-refractivity contribution is -0.142. The normalized spacial score (nSPS) is 14.5. The van der Waals surface area contributed by atoms with Crippen LogP contribution in [0.1, 0.15) is 0 Å². The Balaban J connectivity index is 2.09. The van der Waals surface area contributed by atoms with Crippen molar-refractivity contribution in [2.75, 3.05) is 56.7 Å². The van der Waals surface area contributed by atoms with Gasteiger partial charge in [-0.3, -0.25) is 9.59 Å². The van der Waals surface area contributed by atoms with E-state index in [-0.39, 0.29) is 13.2 Å². The van der Waals surface area contributed by atoms with E-state index in [4.69, 9.17) is 9.84 Å². The summed E-state index contributed by atoms with van der Waals surface area (Å²) < 4.78 is 5.33. The number of para-hydroxylation sites is 2. The van der Waals surface area contributed by atoms with Crippen molar-refractivity contribution in [3.05, 3.63) is 24.3 Å². The van der Waals surface area contributed by atoms with Crippen LogP contribution in [-0.4, -0.2) is 68.3 Å². The molecule has 0 bridgehead atoms. The highest BCUT2D eigenvalue weighted by atomic mass is 16.5. The topological polar surface area (TPSA) is 82.1 Å². The van der Waals surface area contributed by atoms with Crippen molar-refractivity contribution >= 4 is 23.2 Å². The monoisotopic (exact) mass is 307 g/mol. The maximum atomic E-state index is 12.0. The Morgan fingerprint density at radius 1 is 1.32 bits per heavy atom. The van der Waals surface area contributed by atoms with Gasteiger partial charge in [0.25, 0.3) is 0 Å². The number of carbonyl (C=O) groups is 2. The molecule has 2 N–H and O–H groups in total. The number of hydrogen-bond donors (Lipinski definition) is 2. The van der Waals surface area contributed by atoms with Gasteiger partial charge in [-0.05, 0) is 12.1 Å². The predicted octanol–water partition coefficient (Wildman–Crippen LogP) is -0.0876. The SMILES string of the molecule is CN(CCO)C(=O)C(=O)Nc1ccccc1N1CCOCC1. The van der Waals surface area contributed by atoms with Gasteiger partial charge in [0.1, 0.15) is 0 Å². The molecule has 1 aliphatic rings. The lowest BCUT2D eigenvalue weighted by Crippen LogP contribution is -2.39.